The summed E-state index contributed by atoms with van der Waals surface area (Å²) < 4.78 is 27.4. The van der Waals surface area contributed by atoms with Gasteiger partial charge in [-0.15, -0.1) is 4.40 Å². The predicted octanol–water partition coefficient (Wildman–Crippen LogP) is 4.81. The monoisotopic (exact) mass is 512 g/mol. The van der Waals surface area contributed by atoms with E-state index in [1.807, 2.05) is 30.3 Å². The third kappa shape index (κ3) is 3.37. The van der Waals surface area contributed by atoms with E-state index in [4.69, 9.17) is 0 Å². The molecule has 4 N–H and O–H groups in total. The Morgan fingerprint density at radius 1 is 1.03 bits per heavy atom. The highest BCUT2D eigenvalue weighted by molar-refractivity contribution is 9.10. The zero-order chi connectivity index (χ0) is 22.5. The summed E-state index contributed by atoms with van der Waals surface area (Å²) in [4.78, 5) is 18.1. The predicted molar refractivity (Wildman–Crippen MR) is 129 cm³/mol. The minimum absolute atomic E-state index is 0.125. The molecule has 32 heavy (non-hydrogen) atoms. The van der Waals surface area contributed by atoms with Crippen molar-refractivity contribution in [3.05, 3.63) is 92.8 Å². The highest BCUT2D eigenvalue weighted by atomic mass is 79.9. The third-order valence-corrected chi connectivity index (χ3v) is 7.17. The molecule has 5 rings (SSSR count). The first-order valence-electron chi connectivity index (χ1n) is 9.55. The SMILES string of the molecule is O=c1c(C2=NS(O)(O)c3cccc(Br)c3N2)c(O)c2cccnc2n1Cc1ccccc1. The van der Waals surface area contributed by atoms with Crippen LogP contribution in [0.1, 0.15) is 11.1 Å². The summed E-state index contributed by atoms with van der Waals surface area (Å²) in [6.45, 7) is 0.213. The number of hydrogen-bond acceptors (Lipinski definition) is 7. The van der Waals surface area contributed by atoms with E-state index in [-0.39, 0.29) is 28.6 Å². The van der Waals surface area contributed by atoms with Crippen molar-refractivity contribution in [2.75, 3.05) is 5.32 Å². The van der Waals surface area contributed by atoms with Gasteiger partial charge in [0.25, 0.3) is 5.56 Å². The lowest BCUT2D eigenvalue weighted by molar-refractivity contribution is 0.477. The summed E-state index contributed by atoms with van der Waals surface area (Å²) in [6.07, 6.45) is 1.54. The Kier molecular flexibility index (Phi) is 5.01. The molecule has 0 amide bonds. The Hall–Kier alpha value is -3.18. The van der Waals surface area contributed by atoms with Crippen LogP contribution >= 0.6 is 26.7 Å². The number of rotatable bonds is 3. The summed E-state index contributed by atoms with van der Waals surface area (Å²) in [5.74, 6) is -0.459. The van der Waals surface area contributed by atoms with Gasteiger partial charge in [0.1, 0.15) is 21.9 Å². The van der Waals surface area contributed by atoms with E-state index in [0.29, 0.717) is 21.2 Å². The molecule has 10 heteroatoms. The topological polar surface area (TPSA) is 120 Å². The fourth-order valence-electron chi connectivity index (χ4n) is 3.67. The van der Waals surface area contributed by atoms with Crippen molar-refractivity contribution in [1.82, 2.24) is 9.55 Å². The molecular formula is C22H17BrN4O4S. The van der Waals surface area contributed by atoms with Crippen LogP contribution in [0, 0.1) is 0 Å². The highest BCUT2D eigenvalue weighted by Crippen LogP contribution is 2.57. The molecule has 2 aromatic heterocycles. The van der Waals surface area contributed by atoms with Crippen molar-refractivity contribution in [2.24, 2.45) is 4.40 Å². The molecule has 3 heterocycles. The van der Waals surface area contributed by atoms with E-state index < -0.39 is 16.3 Å². The van der Waals surface area contributed by atoms with Crippen LogP contribution in [-0.4, -0.2) is 29.6 Å². The maximum atomic E-state index is 13.6. The summed E-state index contributed by atoms with van der Waals surface area (Å²) in [6, 6.07) is 17.6. The number of nitrogens with one attached hydrogen (secondary N) is 1. The van der Waals surface area contributed by atoms with Crippen molar-refractivity contribution in [1.29, 1.82) is 0 Å². The molecule has 8 nitrogen and oxygen atoms in total. The number of amidine groups is 1. The molecular weight excluding hydrogens is 496 g/mol. The number of aromatic hydroxyl groups is 1. The van der Waals surface area contributed by atoms with Gasteiger partial charge in [0, 0.05) is 10.7 Å². The molecule has 0 atom stereocenters. The third-order valence-electron chi connectivity index (χ3n) is 5.15. The van der Waals surface area contributed by atoms with Crippen LogP contribution < -0.4 is 10.9 Å². The normalized spacial score (nSPS) is 15.5. The lowest BCUT2D eigenvalue weighted by atomic mass is 10.1. The van der Waals surface area contributed by atoms with E-state index in [9.17, 15) is 19.0 Å². The fourth-order valence-corrected chi connectivity index (χ4v) is 5.45. The van der Waals surface area contributed by atoms with Crippen LogP contribution in [0.2, 0.25) is 0 Å². The molecule has 2 aromatic carbocycles. The zero-order valence-electron chi connectivity index (χ0n) is 16.4. The molecule has 0 radical (unpaired) electrons. The van der Waals surface area contributed by atoms with Crippen LogP contribution in [0.4, 0.5) is 5.69 Å². The average Bonchev–Trinajstić information content (AvgIpc) is 2.78. The second-order valence-electron chi connectivity index (χ2n) is 7.17. The molecule has 1 aliphatic rings. The molecule has 0 spiro atoms. The van der Waals surface area contributed by atoms with Gasteiger partial charge in [0.2, 0.25) is 0 Å². The molecule has 0 aliphatic carbocycles. The summed E-state index contributed by atoms with van der Waals surface area (Å²) >= 11 is 3.39. The van der Waals surface area contributed by atoms with Crippen LogP contribution in [0.25, 0.3) is 11.0 Å². The maximum Gasteiger partial charge on any atom is 0.267 e. The van der Waals surface area contributed by atoms with Crippen LogP contribution in [0.5, 0.6) is 5.75 Å². The molecule has 0 saturated heterocycles. The average molecular weight is 513 g/mol. The van der Waals surface area contributed by atoms with Crippen LogP contribution in [0.15, 0.2) is 85.4 Å². The second-order valence-corrected chi connectivity index (χ2v) is 9.69. The van der Waals surface area contributed by atoms with E-state index in [1.54, 1.807) is 36.5 Å². The van der Waals surface area contributed by atoms with E-state index in [0.717, 1.165) is 5.56 Å². The highest BCUT2D eigenvalue weighted by Gasteiger charge is 2.31. The first-order valence-corrected chi connectivity index (χ1v) is 11.8. The van der Waals surface area contributed by atoms with Crippen LogP contribution in [0.3, 0.4) is 0 Å². The van der Waals surface area contributed by atoms with Crippen molar-refractivity contribution in [3.8, 4) is 5.75 Å². The number of halogens is 1. The Balaban J connectivity index is 1.76. The lowest BCUT2D eigenvalue weighted by Crippen LogP contribution is -2.32. The van der Waals surface area contributed by atoms with Crippen molar-refractivity contribution in [3.63, 3.8) is 0 Å². The quantitative estimate of drug-likeness (QED) is 0.312. The van der Waals surface area contributed by atoms with Crippen LogP contribution in [-0.2, 0) is 6.54 Å². The molecule has 162 valence electrons. The molecule has 0 bridgehead atoms. The van der Waals surface area contributed by atoms with E-state index >= 15 is 0 Å². The Labute approximate surface area is 192 Å². The minimum Gasteiger partial charge on any atom is -0.506 e. The zero-order valence-corrected chi connectivity index (χ0v) is 18.8. The molecule has 4 aromatic rings. The Morgan fingerprint density at radius 3 is 2.59 bits per heavy atom. The van der Waals surface area contributed by atoms with Gasteiger partial charge in [-0.2, -0.15) is 0 Å². The smallest absolute Gasteiger partial charge is 0.267 e. The van der Waals surface area contributed by atoms with Gasteiger partial charge in [-0.25, -0.2) is 4.98 Å². The number of nitrogens with zero attached hydrogens (tertiary/aromatic N) is 3. The van der Waals surface area contributed by atoms with Gasteiger partial charge in [0.15, 0.2) is 5.84 Å². The largest absolute Gasteiger partial charge is 0.506 e. The van der Waals surface area contributed by atoms with Gasteiger partial charge in [-0.3, -0.25) is 18.5 Å². The first kappa shape index (κ1) is 20.7. The first-order chi connectivity index (χ1) is 15.4. The summed E-state index contributed by atoms with van der Waals surface area (Å²) in [7, 11) is -3.60. The standard InChI is InChI=1S/C22H17BrN4O4S/c23-15-9-4-10-16-18(15)25-20(26-32(16,30)31)17-19(28)14-8-5-11-24-21(14)27(22(17)29)12-13-6-2-1-3-7-13/h1-11,28,30-31H,12H2,(H,25,26). The maximum absolute atomic E-state index is 13.6. The van der Waals surface area contributed by atoms with Gasteiger partial charge in [0.05, 0.1) is 17.6 Å². The van der Waals surface area contributed by atoms with Crippen molar-refractivity contribution < 1.29 is 14.2 Å². The van der Waals surface area contributed by atoms with Gasteiger partial charge < -0.3 is 10.4 Å². The Bertz CT molecular complexity index is 1450. The van der Waals surface area contributed by atoms with Crippen molar-refractivity contribution >= 4 is 49.3 Å². The molecule has 0 unspecified atom stereocenters. The van der Waals surface area contributed by atoms with E-state index in [1.165, 1.54) is 4.57 Å². The number of pyridine rings is 2. The summed E-state index contributed by atoms with van der Waals surface area (Å²) in [5, 5.41) is 14.3. The van der Waals surface area contributed by atoms with E-state index in [2.05, 4.69) is 30.6 Å². The summed E-state index contributed by atoms with van der Waals surface area (Å²) in [5.41, 5.74) is 0.829. The number of hydrogen-bond donors (Lipinski definition) is 4. The van der Waals surface area contributed by atoms with Gasteiger partial charge in [-0.05, 0) is 45.8 Å². The molecule has 0 fully saturated rings. The molecule has 0 saturated carbocycles. The number of benzene rings is 2. The molecule has 1 aliphatic heterocycles. The second kappa shape index (κ2) is 7.75. The lowest BCUT2D eigenvalue weighted by Gasteiger charge is -2.34. The number of anilines is 1. The van der Waals surface area contributed by atoms with Gasteiger partial charge in [-0.1, -0.05) is 47.2 Å². The van der Waals surface area contributed by atoms with Gasteiger partial charge >= 0.3 is 0 Å². The fraction of sp³-hybridized carbons (Fsp3) is 0.0455. The number of para-hydroxylation sites is 1. The minimum atomic E-state index is -3.60. The number of fused-ring (bicyclic) bond motifs is 2. The number of aromatic nitrogens is 2. The van der Waals surface area contributed by atoms with Crippen molar-refractivity contribution in [2.45, 2.75) is 11.4 Å². The Morgan fingerprint density at radius 2 is 1.81 bits per heavy atom.